The number of pyridine rings is 1. The average Bonchev–Trinajstić information content (AvgIpc) is 2.43. The number of urea groups is 1. The molecule has 0 atom stereocenters. The number of carbonyl (C=O) groups excluding carboxylic acids is 1. The van der Waals surface area contributed by atoms with Gasteiger partial charge in [-0.1, -0.05) is 6.07 Å². The number of carbonyl (C=O) groups is 1. The summed E-state index contributed by atoms with van der Waals surface area (Å²) in [4.78, 5) is 15.8. The second-order valence-corrected chi connectivity index (χ2v) is 6.15. The number of hydrogen-bond acceptors (Lipinski definition) is 3. The fraction of sp³-hybridized carbons (Fsp3) is 0.250. The Balaban J connectivity index is 2.01. The van der Waals surface area contributed by atoms with E-state index >= 15 is 0 Å². The van der Waals surface area contributed by atoms with Gasteiger partial charge in [0.2, 0.25) is 0 Å². The highest BCUT2D eigenvalue weighted by atomic mass is 79.9. The van der Waals surface area contributed by atoms with Gasteiger partial charge in [-0.25, -0.2) is 9.78 Å². The van der Waals surface area contributed by atoms with Crippen LogP contribution in [0, 0.1) is 6.92 Å². The highest BCUT2D eigenvalue weighted by molar-refractivity contribution is 9.10. The van der Waals surface area contributed by atoms with Crippen LogP contribution in [-0.4, -0.2) is 17.1 Å². The highest BCUT2D eigenvalue weighted by Crippen LogP contribution is 2.26. The second-order valence-electron chi connectivity index (χ2n) is 5.29. The van der Waals surface area contributed by atoms with E-state index in [-0.39, 0.29) is 12.1 Å². The van der Waals surface area contributed by atoms with E-state index in [2.05, 4.69) is 36.9 Å². The minimum atomic E-state index is -0.260. The largest absolute Gasteiger partial charge is 0.353 e. The third-order valence-corrected chi connectivity index (χ3v) is 3.48. The summed E-state index contributed by atoms with van der Waals surface area (Å²) in [5.41, 5.74) is 3.00. The van der Waals surface area contributed by atoms with E-state index in [4.69, 9.17) is 0 Å². The van der Waals surface area contributed by atoms with Crippen molar-refractivity contribution >= 4 is 39.2 Å². The number of amides is 2. The molecule has 0 bridgehead atoms. The summed E-state index contributed by atoms with van der Waals surface area (Å²) in [6, 6.07) is 9.52. The number of aromatic nitrogens is 1. The SMILES string of the molecule is Cc1ccc(Nc2ccc(NC(=O)NC(C)C)nc2)c(Br)c1. The summed E-state index contributed by atoms with van der Waals surface area (Å²) in [6.45, 7) is 5.84. The van der Waals surface area contributed by atoms with Crippen molar-refractivity contribution in [2.24, 2.45) is 0 Å². The molecular weight excluding hydrogens is 344 g/mol. The summed E-state index contributed by atoms with van der Waals surface area (Å²) in [5.74, 6) is 0.506. The van der Waals surface area contributed by atoms with Crippen LogP contribution < -0.4 is 16.0 Å². The number of nitrogens with one attached hydrogen (secondary N) is 3. The number of rotatable bonds is 4. The van der Waals surface area contributed by atoms with Crippen molar-refractivity contribution < 1.29 is 4.79 Å². The first-order valence-corrected chi connectivity index (χ1v) is 7.80. The van der Waals surface area contributed by atoms with Gasteiger partial charge in [0, 0.05) is 10.5 Å². The predicted octanol–water partition coefficient (Wildman–Crippen LogP) is 4.43. The van der Waals surface area contributed by atoms with Gasteiger partial charge in [-0.15, -0.1) is 0 Å². The zero-order chi connectivity index (χ0) is 16.1. The molecule has 5 nitrogen and oxygen atoms in total. The summed E-state index contributed by atoms with van der Waals surface area (Å²) >= 11 is 3.53. The minimum absolute atomic E-state index is 0.0832. The summed E-state index contributed by atoms with van der Waals surface area (Å²) in [7, 11) is 0. The molecule has 3 N–H and O–H groups in total. The van der Waals surface area contributed by atoms with E-state index in [1.165, 1.54) is 5.56 Å². The minimum Gasteiger partial charge on any atom is -0.353 e. The molecule has 0 fully saturated rings. The van der Waals surface area contributed by atoms with Crippen LogP contribution in [0.15, 0.2) is 41.0 Å². The van der Waals surface area contributed by atoms with Crippen LogP contribution in [0.3, 0.4) is 0 Å². The van der Waals surface area contributed by atoms with Crippen molar-refractivity contribution in [1.82, 2.24) is 10.3 Å². The fourth-order valence-electron chi connectivity index (χ4n) is 1.83. The van der Waals surface area contributed by atoms with Gasteiger partial charge >= 0.3 is 6.03 Å². The molecule has 2 aromatic rings. The van der Waals surface area contributed by atoms with Gasteiger partial charge in [0.1, 0.15) is 5.82 Å². The van der Waals surface area contributed by atoms with Crippen LogP contribution in [0.2, 0.25) is 0 Å². The van der Waals surface area contributed by atoms with Gasteiger partial charge in [0.25, 0.3) is 0 Å². The van der Waals surface area contributed by atoms with Crippen molar-refractivity contribution in [3.63, 3.8) is 0 Å². The van der Waals surface area contributed by atoms with E-state index in [0.717, 1.165) is 15.8 Å². The maximum Gasteiger partial charge on any atom is 0.320 e. The van der Waals surface area contributed by atoms with E-state index < -0.39 is 0 Å². The molecule has 0 aliphatic heterocycles. The van der Waals surface area contributed by atoms with Crippen molar-refractivity contribution in [3.05, 3.63) is 46.6 Å². The number of anilines is 3. The third-order valence-electron chi connectivity index (χ3n) is 2.83. The summed E-state index contributed by atoms with van der Waals surface area (Å²) in [5, 5.41) is 8.71. The Morgan fingerprint density at radius 2 is 2.00 bits per heavy atom. The van der Waals surface area contributed by atoms with Crippen LogP contribution >= 0.6 is 15.9 Å². The lowest BCUT2D eigenvalue weighted by Crippen LogP contribution is -2.34. The molecule has 0 saturated heterocycles. The topological polar surface area (TPSA) is 66.0 Å². The normalized spacial score (nSPS) is 10.4. The van der Waals surface area contributed by atoms with Gasteiger partial charge in [0.05, 0.1) is 17.6 Å². The van der Waals surface area contributed by atoms with E-state index in [1.807, 2.05) is 45.0 Å². The van der Waals surface area contributed by atoms with Gasteiger partial charge < -0.3 is 10.6 Å². The van der Waals surface area contributed by atoms with Gasteiger partial charge in [0.15, 0.2) is 0 Å². The Morgan fingerprint density at radius 1 is 1.23 bits per heavy atom. The maximum absolute atomic E-state index is 11.6. The molecule has 1 aromatic carbocycles. The zero-order valence-electron chi connectivity index (χ0n) is 12.8. The molecular formula is C16H19BrN4O. The smallest absolute Gasteiger partial charge is 0.320 e. The fourth-order valence-corrected chi connectivity index (χ4v) is 2.43. The monoisotopic (exact) mass is 362 g/mol. The molecule has 0 saturated carbocycles. The molecule has 0 spiro atoms. The molecule has 116 valence electrons. The lowest BCUT2D eigenvalue weighted by atomic mass is 10.2. The van der Waals surface area contributed by atoms with Crippen LogP contribution in [0.1, 0.15) is 19.4 Å². The first-order valence-electron chi connectivity index (χ1n) is 7.01. The Bertz CT molecular complexity index is 656. The molecule has 1 heterocycles. The molecule has 2 amide bonds. The van der Waals surface area contributed by atoms with Crippen LogP contribution in [0.4, 0.5) is 22.0 Å². The molecule has 0 aliphatic carbocycles. The van der Waals surface area contributed by atoms with Gasteiger partial charge in [-0.2, -0.15) is 0 Å². The van der Waals surface area contributed by atoms with Crippen LogP contribution in [0.5, 0.6) is 0 Å². The molecule has 0 aliphatic rings. The van der Waals surface area contributed by atoms with E-state index in [9.17, 15) is 4.79 Å². The van der Waals surface area contributed by atoms with Crippen LogP contribution in [0.25, 0.3) is 0 Å². The molecule has 0 radical (unpaired) electrons. The molecule has 22 heavy (non-hydrogen) atoms. The maximum atomic E-state index is 11.6. The average molecular weight is 363 g/mol. The number of benzene rings is 1. The van der Waals surface area contributed by atoms with Crippen molar-refractivity contribution in [3.8, 4) is 0 Å². The quantitative estimate of drug-likeness (QED) is 0.753. The number of hydrogen-bond donors (Lipinski definition) is 3. The number of nitrogens with zero attached hydrogens (tertiary/aromatic N) is 1. The van der Waals surface area contributed by atoms with Crippen molar-refractivity contribution in [1.29, 1.82) is 0 Å². The van der Waals surface area contributed by atoms with Crippen LogP contribution in [-0.2, 0) is 0 Å². The summed E-state index contributed by atoms with van der Waals surface area (Å²) in [6.07, 6.45) is 1.68. The Kier molecular flexibility index (Phi) is 5.38. The van der Waals surface area contributed by atoms with Crippen molar-refractivity contribution in [2.45, 2.75) is 26.8 Å². The molecule has 1 aromatic heterocycles. The first kappa shape index (κ1) is 16.3. The lowest BCUT2D eigenvalue weighted by Gasteiger charge is -2.11. The second kappa shape index (κ2) is 7.26. The number of aryl methyl sites for hydroxylation is 1. The first-order chi connectivity index (χ1) is 10.4. The van der Waals surface area contributed by atoms with Crippen molar-refractivity contribution in [2.75, 3.05) is 10.6 Å². The zero-order valence-corrected chi connectivity index (χ0v) is 14.4. The Labute approximate surface area is 138 Å². The predicted molar refractivity (Wildman–Crippen MR) is 93.7 cm³/mol. The molecule has 2 rings (SSSR count). The lowest BCUT2D eigenvalue weighted by molar-refractivity contribution is 0.250. The number of halogens is 1. The Morgan fingerprint density at radius 3 is 2.59 bits per heavy atom. The third kappa shape index (κ3) is 4.73. The molecule has 0 unspecified atom stereocenters. The highest BCUT2D eigenvalue weighted by Gasteiger charge is 2.05. The van der Waals surface area contributed by atoms with E-state index in [0.29, 0.717) is 5.82 Å². The molecule has 6 heteroatoms. The van der Waals surface area contributed by atoms with E-state index in [1.54, 1.807) is 12.3 Å². The summed E-state index contributed by atoms with van der Waals surface area (Å²) < 4.78 is 0.992. The Hall–Kier alpha value is -2.08. The van der Waals surface area contributed by atoms with Gasteiger partial charge in [-0.05, 0) is 66.5 Å². The van der Waals surface area contributed by atoms with Gasteiger partial charge in [-0.3, -0.25) is 5.32 Å². The standard InChI is InChI=1S/C16H19BrN4O/c1-10(2)19-16(22)21-15-7-5-12(9-18-15)20-14-6-4-11(3)8-13(14)17/h4-10,20H,1-3H3,(H2,18,19,21,22).